The molecule has 2 heterocycles. The molecule has 3 rings (SSSR count). The number of ketones is 1. The molecule has 0 radical (unpaired) electrons. The largest absolute Gasteiger partial charge is 0.490 e. The van der Waals surface area contributed by atoms with Crippen molar-refractivity contribution in [1.82, 2.24) is 9.30 Å². The molecule has 1 aromatic carbocycles. The molecule has 0 bridgehead atoms. The van der Waals surface area contributed by atoms with Gasteiger partial charge in [0, 0.05) is 23.9 Å². The van der Waals surface area contributed by atoms with Gasteiger partial charge in [0.1, 0.15) is 0 Å². The first kappa shape index (κ1) is 25.9. The third-order valence-corrected chi connectivity index (χ3v) is 6.63. The number of benzene rings is 1. The van der Waals surface area contributed by atoms with Crippen LogP contribution in [-0.4, -0.2) is 41.3 Å². The zero-order valence-electron chi connectivity index (χ0n) is 19.5. The van der Waals surface area contributed by atoms with Gasteiger partial charge in [-0.1, -0.05) is 61.6 Å². The van der Waals surface area contributed by atoms with E-state index in [1.807, 2.05) is 35.7 Å². The van der Waals surface area contributed by atoms with Crippen molar-refractivity contribution in [3.05, 3.63) is 68.4 Å². The Balaban J connectivity index is 1.78. The normalized spacial score (nSPS) is 11.5. The van der Waals surface area contributed by atoms with Crippen molar-refractivity contribution in [2.75, 3.05) is 26.2 Å². The number of carbonyl (C=O) groups is 1. The number of rotatable bonds is 12. The van der Waals surface area contributed by atoms with Crippen LogP contribution < -0.4 is 4.74 Å². The van der Waals surface area contributed by atoms with Crippen LogP contribution in [0.15, 0.2) is 36.5 Å². The van der Waals surface area contributed by atoms with Crippen molar-refractivity contribution < 1.29 is 9.53 Å². The van der Waals surface area contributed by atoms with Crippen LogP contribution in [0.4, 0.5) is 0 Å². The fourth-order valence-electron chi connectivity index (χ4n) is 4.19. The van der Waals surface area contributed by atoms with Crippen LogP contribution in [0.2, 0.25) is 15.1 Å². The molecule has 0 amide bonds. The van der Waals surface area contributed by atoms with Crippen LogP contribution in [-0.2, 0) is 6.42 Å². The summed E-state index contributed by atoms with van der Waals surface area (Å²) in [6.07, 6.45) is 5.62. The molecular formula is C26H31Cl3N2O2. The van der Waals surface area contributed by atoms with Crippen LogP contribution in [0.1, 0.15) is 61.6 Å². The Bertz CT molecular complexity index is 1080. The number of carbonyl (C=O) groups excluding carboxylic acids is 1. The molecule has 4 nitrogen and oxygen atoms in total. The lowest BCUT2D eigenvalue weighted by molar-refractivity contribution is 0.103. The molecule has 33 heavy (non-hydrogen) atoms. The first-order valence-electron chi connectivity index (χ1n) is 11.6. The first-order valence-corrected chi connectivity index (χ1v) is 12.7. The van der Waals surface area contributed by atoms with Gasteiger partial charge in [0.25, 0.3) is 0 Å². The second-order valence-electron chi connectivity index (χ2n) is 8.09. The summed E-state index contributed by atoms with van der Waals surface area (Å²) >= 11 is 19.6. The monoisotopic (exact) mass is 508 g/mol. The molecular weight excluding hydrogens is 479 g/mol. The minimum atomic E-state index is -0.176. The molecule has 0 aliphatic heterocycles. The highest BCUT2D eigenvalue weighted by Crippen LogP contribution is 2.36. The van der Waals surface area contributed by atoms with Crippen LogP contribution in [0.3, 0.4) is 0 Å². The van der Waals surface area contributed by atoms with E-state index in [1.54, 1.807) is 12.1 Å². The second-order valence-corrected chi connectivity index (χ2v) is 9.28. The van der Waals surface area contributed by atoms with Crippen molar-refractivity contribution in [1.29, 1.82) is 0 Å². The van der Waals surface area contributed by atoms with Gasteiger partial charge < -0.3 is 14.0 Å². The highest BCUT2D eigenvalue weighted by atomic mass is 35.5. The van der Waals surface area contributed by atoms with E-state index in [-0.39, 0.29) is 5.78 Å². The number of nitrogens with zero attached hydrogens (tertiary/aromatic N) is 2. The minimum absolute atomic E-state index is 0.176. The number of pyridine rings is 1. The van der Waals surface area contributed by atoms with Crippen LogP contribution in [0.5, 0.6) is 5.75 Å². The lowest BCUT2D eigenvalue weighted by atomic mass is 10.0. The van der Waals surface area contributed by atoms with E-state index >= 15 is 0 Å². The maximum atomic E-state index is 13.5. The van der Waals surface area contributed by atoms with E-state index in [4.69, 9.17) is 39.5 Å². The summed E-state index contributed by atoms with van der Waals surface area (Å²) in [5.74, 6) is 0.242. The third kappa shape index (κ3) is 5.86. The molecule has 0 saturated heterocycles. The van der Waals surface area contributed by atoms with Gasteiger partial charge in [-0.25, -0.2) is 0 Å². The smallest absolute Gasteiger partial charge is 0.210 e. The number of hydrogen-bond acceptors (Lipinski definition) is 3. The highest BCUT2D eigenvalue weighted by molar-refractivity contribution is 6.38. The lowest BCUT2D eigenvalue weighted by Gasteiger charge is -2.21. The zero-order valence-corrected chi connectivity index (χ0v) is 21.7. The van der Waals surface area contributed by atoms with Crippen molar-refractivity contribution in [3.8, 4) is 5.75 Å². The predicted octanol–water partition coefficient (Wildman–Crippen LogP) is 7.58. The molecule has 0 saturated carbocycles. The van der Waals surface area contributed by atoms with Gasteiger partial charge in [-0.3, -0.25) is 4.79 Å². The molecule has 2 aromatic heterocycles. The van der Waals surface area contributed by atoms with Crippen molar-refractivity contribution in [2.45, 2.75) is 46.5 Å². The lowest BCUT2D eigenvalue weighted by Crippen LogP contribution is -2.27. The van der Waals surface area contributed by atoms with Crippen LogP contribution in [0, 0.1) is 0 Å². The third-order valence-electron chi connectivity index (χ3n) is 5.65. The Morgan fingerprint density at radius 2 is 1.67 bits per heavy atom. The SMILES string of the molecule is CCCN(CCC)CCCOc1c(Cl)cc(C(=O)c2c(CC)c(Cl)c3ccccn23)cc1Cl. The zero-order chi connectivity index (χ0) is 24.0. The molecule has 0 atom stereocenters. The van der Waals surface area contributed by atoms with Gasteiger partial charge in [-0.05, 0) is 63.0 Å². The Morgan fingerprint density at radius 3 is 2.27 bits per heavy atom. The first-order chi connectivity index (χ1) is 15.9. The van der Waals surface area contributed by atoms with E-state index in [9.17, 15) is 4.79 Å². The topological polar surface area (TPSA) is 34.0 Å². The van der Waals surface area contributed by atoms with E-state index in [2.05, 4.69) is 18.7 Å². The van der Waals surface area contributed by atoms with Crippen molar-refractivity contribution >= 4 is 46.1 Å². The Labute approximate surface area is 211 Å². The average Bonchev–Trinajstić information content (AvgIpc) is 3.09. The second kappa shape index (κ2) is 12.1. The molecule has 178 valence electrons. The quantitative estimate of drug-likeness (QED) is 0.186. The fourth-order valence-corrected chi connectivity index (χ4v) is 5.16. The number of fused-ring (bicyclic) bond motifs is 1. The predicted molar refractivity (Wildman–Crippen MR) is 139 cm³/mol. The van der Waals surface area contributed by atoms with Crippen LogP contribution >= 0.6 is 34.8 Å². The van der Waals surface area contributed by atoms with Gasteiger partial charge in [-0.15, -0.1) is 0 Å². The average molecular weight is 510 g/mol. The van der Waals surface area contributed by atoms with E-state index < -0.39 is 0 Å². The number of aromatic nitrogens is 1. The molecule has 0 aliphatic carbocycles. The van der Waals surface area contributed by atoms with Gasteiger partial charge in [0.2, 0.25) is 5.78 Å². The van der Waals surface area contributed by atoms with Gasteiger partial charge in [-0.2, -0.15) is 0 Å². The Hall–Kier alpha value is -1.72. The van der Waals surface area contributed by atoms with E-state index in [1.165, 1.54) is 0 Å². The van der Waals surface area contributed by atoms with Crippen LogP contribution in [0.25, 0.3) is 5.52 Å². The van der Waals surface area contributed by atoms with E-state index in [0.717, 1.165) is 50.0 Å². The number of halogens is 3. The molecule has 0 fully saturated rings. The summed E-state index contributed by atoms with van der Waals surface area (Å²) in [7, 11) is 0. The Morgan fingerprint density at radius 1 is 1.00 bits per heavy atom. The summed E-state index contributed by atoms with van der Waals surface area (Å²) in [4.78, 5) is 15.9. The fraction of sp³-hybridized carbons (Fsp3) is 0.423. The summed E-state index contributed by atoms with van der Waals surface area (Å²) in [6, 6.07) is 8.93. The maximum absolute atomic E-state index is 13.5. The molecule has 0 aliphatic rings. The summed E-state index contributed by atoms with van der Waals surface area (Å²) in [5, 5.41) is 1.25. The molecule has 7 heteroatoms. The molecule has 3 aromatic rings. The standard InChI is InChI=1S/C26H31Cl3N2O2/c1-4-11-30(12-5-2)13-9-15-33-26-20(27)16-18(17-21(26)28)25(32)24-19(6-3)23(29)22-10-7-8-14-31(22)24/h7-8,10,14,16-17H,4-6,9,11-13,15H2,1-3H3. The molecule has 0 spiro atoms. The Kier molecular flexibility index (Phi) is 9.51. The summed E-state index contributed by atoms with van der Waals surface area (Å²) in [6.45, 7) is 10.0. The van der Waals surface area contributed by atoms with Gasteiger partial charge in [0.05, 0.1) is 32.9 Å². The minimum Gasteiger partial charge on any atom is -0.490 e. The summed E-state index contributed by atoms with van der Waals surface area (Å²) in [5.41, 5.74) is 2.55. The molecule has 0 unspecified atom stereocenters. The highest BCUT2D eigenvalue weighted by Gasteiger charge is 2.24. The van der Waals surface area contributed by atoms with Crippen molar-refractivity contribution in [3.63, 3.8) is 0 Å². The molecule has 0 N–H and O–H groups in total. The maximum Gasteiger partial charge on any atom is 0.210 e. The number of hydrogen-bond donors (Lipinski definition) is 0. The van der Waals surface area contributed by atoms with Gasteiger partial charge >= 0.3 is 0 Å². The van der Waals surface area contributed by atoms with E-state index in [0.29, 0.717) is 45.1 Å². The number of ether oxygens (including phenoxy) is 1. The van der Waals surface area contributed by atoms with Gasteiger partial charge in [0.15, 0.2) is 5.75 Å². The van der Waals surface area contributed by atoms with Crippen molar-refractivity contribution in [2.24, 2.45) is 0 Å². The summed E-state index contributed by atoms with van der Waals surface area (Å²) < 4.78 is 7.73.